The normalized spacial score (nSPS) is 13.9. The summed E-state index contributed by atoms with van der Waals surface area (Å²) in [5.74, 6) is -0.0484. The van der Waals surface area contributed by atoms with Crippen molar-refractivity contribution in [2.45, 2.75) is 11.5 Å². The Balaban J connectivity index is 1.26. The Labute approximate surface area is 259 Å². The van der Waals surface area contributed by atoms with Crippen molar-refractivity contribution in [3.8, 4) is 27.9 Å². The topological polar surface area (TPSA) is 56.6 Å². The number of benzene rings is 6. The van der Waals surface area contributed by atoms with Crippen LogP contribution in [0.5, 0.6) is 0 Å². The molecule has 45 heavy (non-hydrogen) atoms. The zero-order valence-electron chi connectivity index (χ0n) is 24.0. The standard InChI is InChI=1S/C39H24N2O3S/c1-40-27-15-18-36-34(20-27)31-7-2-4-10-35(31)41(36)28-16-13-25-22-45(42,43)23-26-19-24(14-17-29(26)33(25)21-28)30-9-6-12-38-39(30)32-8-3-5-11-37(32)44-38/h2-21H,22-23H2. The Hall–Kier alpha value is -5.64. The molecule has 1 aliphatic heterocycles. The molecule has 0 radical (unpaired) electrons. The quantitative estimate of drug-likeness (QED) is 0.186. The molecule has 1 aliphatic rings. The maximum Gasteiger partial charge on any atom is 0.188 e. The second-order valence-electron chi connectivity index (χ2n) is 11.7. The number of aromatic nitrogens is 1. The summed E-state index contributed by atoms with van der Waals surface area (Å²) in [4.78, 5) is 3.65. The minimum absolute atomic E-state index is 0.0177. The number of para-hydroxylation sites is 2. The lowest BCUT2D eigenvalue weighted by Gasteiger charge is -2.15. The average molecular weight is 601 g/mol. The molecule has 6 aromatic carbocycles. The Morgan fingerprint density at radius 3 is 2.29 bits per heavy atom. The zero-order valence-corrected chi connectivity index (χ0v) is 24.8. The molecule has 8 aromatic rings. The van der Waals surface area contributed by atoms with Gasteiger partial charge in [-0.15, -0.1) is 0 Å². The zero-order chi connectivity index (χ0) is 30.3. The summed E-state index contributed by atoms with van der Waals surface area (Å²) in [6.45, 7) is 7.53. The molecule has 2 aromatic heterocycles. The highest BCUT2D eigenvalue weighted by Crippen LogP contribution is 2.42. The third-order valence-corrected chi connectivity index (χ3v) is 10.5. The summed E-state index contributed by atoms with van der Waals surface area (Å²) in [6, 6.07) is 40.3. The molecule has 0 N–H and O–H groups in total. The van der Waals surface area contributed by atoms with Crippen LogP contribution >= 0.6 is 0 Å². The highest BCUT2D eigenvalue weighted by atomic mass is 32.2. The van der Waals surface area contributed by atoms with Crippen LogP contribution in [0.15, 0.2) is 126 Å². The van der Waals surface area contributed by atoms with Gasteiger partial charge in [-0.2, -0.15) is 0 Å². The van der Waals surface area contributed by atoms with E-state index in [1.165, 1.54) is 0 Å². The molecule has 214 valence electrons. The van der Waals surface area contributed by atoms with Crippen LogP contribution in [-0.2, 0) is 21.3 Å². The van der Waals surface area contributed by atoms with E-state index in [9.17, 15) is 8.42 Å². The first kappa shape index (κ1) is 25.8. The molecule has 0 saturated carbocycles. The highest BCUT2D eigenvalue weighted by Gasteiger charge is 2.26. The average Bonchev–Trinajstić information content (AvgIpc) is 3.57. The molecule has 0 unspecified atom stereocenters. The van der Waals surface area contributed by atoms with E-state index >= 15 is 0 Å². The van der Waals surface area contributed by atoms with E-state index in [2.05, 4.69) is 51.9 Å². The molecule has 0 aliphatic carbocycles. The molecule has 0 bridgehead atoms. The number of fused-ring (bicyclic) bond motifs is 9. The molecule has 9 rings (SSSR count). The van der Waals surface area contributed by atoms with Gasteiger partial charge < -0.3 is 8.98 Å². The van der Waals surface area contributed by atoms with Crippen molar-refractivity contribution < 1.29 is 12.8 Å². The van der Waals surface area contributed by atoms with Gasteiger partial charge in [0.05, 0.1) is 29.1 Å². The van der Waals surface area contributed by atoms with Crippen LogP contribution in [0.2, 0.25) is 0 Å². The summed E-state index contributed by atoms with van der Waals surface area (Å²) in [5, 5.41) is 4.15. The van der Waals surface area contributed by atoms with Crippen molar-refractivity contribution in [3.63, 3.8) is 0 Å². The monoisotopic (exact) mass is 600 g/mol. The van der Waals surface area contributed by atoms with Gasteiger partial charge in [-0.05, 0) is 87.3 Å². The van der Waals surface area contributed by atoms with Gasteiger partial charge in [0.2, 0.25) is 0 Å². The van der Waals surface area contributed by atoms with E-state index in [1.54, 1.807) is 0 Å². The van der Waals surface area contributed by atoms with Gasteiger partial charge in [-0.3, -0.25) is 0 Å². The lowest BCUT2D eigenvalue weighted by atomic mass is 9.92. The van der Waals surface area contributed by atoms with Gasteiger partial charge >= 0.3 is 0 Å². The van der Waals surface area contributed by atoms with E-state index in [-0.39, 0.29) is 11.5 Å². The van der Waals surface area contributed by atoms with Gasteiger partial charge in [0.25, 0.3) is 0 Å². The van der Waals surface area contributed by atoms with E-state index < -0.39 is 9.84 Å². The number of hydrogen-bond acceptors (Lipinski definition) is 3. The predicted octanol–water partition coefficient (Wildman–Crippen LogP) is 10.00. The predicted molar refractivity (Wildman–Crippen MR) is 182 cm³/mol. The number of rotatable bonds is 2. The molecular formula is C39H24N2O3S. The van der Waals surface area contributed by atoms with E-state index in [4.69, 9.17) is 11.0 Å². The minimum Gasteiger partial charge on any atom is -0.456 e. The van der Waals surface area contributed by atoms with Crippen molar-refractivity contribution in [3.05, 3.63) is 144 Å². The molecule has 3 heterocycles. The molecule has 0 spiro atoms. The summed E-state index contributed by atoms with van der Waals surface area (Å²) < 4.78 is 35.3. The van der Waals surface area contributed by atoms with Crippen LogP contribution in [0.1, 0.15) is 11.1 Å². The summed E-state index contributed by atoms with van der Waals surface area (Å²) >= 11 is 0. The van der Waals surface area contributed by atoms with Gasteiger partial charge in [0, 0.05) is 21.8 Å². The third-order valence-electron chi connectivity index (χ3n) is 9.00. The first-order valence-electron chi connectivity index (χ1n) is 14.8. The van der Waals surface area contributed by atoms with Gasteiger partial charge in [0.15, 0.2) is 15.5 Å². The molecule has 5 nitrogen and oxygen atoms in total. The number of hydrogen-bond donors (Lipinski definition) is 0. The Bertz CT molecular complexity index is 2690. The SMILES string of the molecule is [C-]#[N+]c1ccc2c(c1)c1ccccc1n2-c1ccc2c(c1)-c1ccc(-c3cccc4oc5ccccc5c34)cc1CS(=O)(=O)C2. The van der Waals surface area contributed by atoms with Crippen molar-refractivity contribution in [2.75, 3.05) is 0 Å². The maximum absolute atomic E-state index is 13.5. The Kier molecular flexibility index (Phi) is 5.41. The van der Waals surface area contributed by atoms with Crippen LogP contribution in [0.25, 0.3) is 76.5 Å². The van der Waals surface area contributed by atoms with E-state index in [1.807, 2.05) is 78.9 Å². The summed E-state index contributed by atoms with van der Waals surface area (Å²) in [6.07, 6.45) is 0. The molecule has 0 atom stereocenters. The fraction of sp³-hybridized carbons (Fsp3) is 0.0513. The molecule has 0 amide bonds. The molecular weight excluding hydrogens is 577 g/mol. The van der Waals surface area contributed by atoms with Crippen molar-refractivity contribution in [2.24, 2.45) is 0 Å². The lowest BCUT2D eigenvalue weighted by molar-refractivity contribution is 0.595. The Morgan fingerprint density at radius 1 is 0.622 bits per heavy atom. The molecule has 6 heteroatoms. The van der Waals surface area contributed by atoms with E-state index in [0.717, 1.165) is 82.8 Å². The molecule has 0 saturated heterocycles. The van der Waals surface area contributed by atoms with Crippen molar-refractivity contribution in [1.82, 2.24) is 4.57 Å². The third kappa shape index (κ3) is 3.95. The second kappa shape index (κ2) is 9.43. The first-order chi connectivity index (χ1) is 22.0. The summed E-state index contributed by atoms with van der Waals surface area (Å²) in [5.41, 5.74) is 10.6. The van der Waals surface area contributed by atoms with Crippen LogP contribution in [0.4, 0.5) is 5.69 Å². The largest absolute Gasteiger partial charge is 0.456 e. The van der Waals surface area contributed by atoms with Crippen LogP contribution in [-0.4, -0.2) is 13.0 Å². The minimum atomic E-state index is -3.41. The van der Waals surface area contributed by atoms with Gasteiger partial charge in [-0.25, -0.2) is 13.3 Å². The lowest BCUT2D eigenvalue weighted by Crippen LogP contribution is -2.05. The smallest absolute Gasteiger partial charge is 0.188 e. The van der Waals surface area contributed by atoms with Crippen LogP contribution in [0, 0.1) is 6.57 Å². The van der Waals surface area contributed by atoms with Crippen molar-refractivity contribution >= 4 is 59.3 Å². The van der Waals surface area contributed by atoms with Gasteiger partial charge in [0.1, 0.15) is 11.2 Å². The number of sulfone groups is 1. The van der Waals surface area contributed by atoms with Gasteiger partial charge in [-0.1, -0.05) is 72.8 Å². The van der Waals surface area contributed by atoms with Crippen LogP contribution < -0.4 is 0 Å². The Morgan fingerprint density at radius 2 is 1.40 bits per heavy atom. The fourth-order valence-corrected chi connectivity index (χ4v) is 8.61. The second-order valence-corrected chi connectivity index (χ2v) is 13.8. The number of furan rings is 1. The van der Waals surface area contributed by atoms with Crippen molar-refractivity contribution in [1.29, 1.82) is 0 Å². The molecule has 0 fully saturated rings. The van der Waals surface area contributed by atoms with Crippen LogP contribution in [0.3, 0.4) is 0 Å². The summed E-state index contributed by atoms with van der Waals surface area (Å²) in [7, 11) is -3.41. The number of nitrogens with zero attached hydrogens (tertiary/aromatic N) is 2. The van der Waals surface area contributed by atoms with E-state index in [0.29, 0.717) is 5.69 Å². The maximum atomic E-state index is 13.5. The fourth-order valence-electron chi connectivity index (χ4n) is 7.07. The first-order valence-corrected chi connectivity index (χ1v) is 16.6. The highest BCUT2D eigenvalue weighted by molar-refractivity contribution is 7.89.